The number of carbonyl (C=O) groups is 1. The summed E-state index contributed by atoms with van der Waals surface area (Å²) in [6.07, 6.45) is -3.31. The maximum Gasteiger partial charge on any atom is 0.456 e. The van der Waals surface area contributed by atoms with Crippen molar-refractivity contribution in [2.24, 2.45) is 0 Å². The minimum atomic E-state index is -4.92. The highest BCUT2D eigenvalue weighted by molar-refractivity contribution is 6.04. The van der Waals surface area contributed by atoms with Gasteiger partial charge in [0.2, 0.25) is 0 Å². The average molecular weight is 270 g/mol. The van der Waals surface area contributed by atoms with E-state index in [2.05, 4.69) is 4.98 Å². The van der Waals surface area contributed by atoms with Crippen molar-refractivity contribution in [2.75, 3.05) is 0 Å². The van der Waals surface area contributed by atoms with E-state index in [1.54, 1.807) is 18.3 Å². The highest BCUT2D eigenvalue weighted by atomic mass is 19.4. The van der Waals surface area contributed by atoms with Crippen LogP contribution in [0.5, 0.6) is 0 Å². The fourth-order valence-electron chi connectivity index (χ4n) is 1.87. The zero-order valence-electron chi connectivity index (χ0n) is 10.7. The number of carbonyl (C=O) groups excluding carboxylic acids is 1. The second kappa shape index (κ2) is 4.08. The maximum atomic E-state index is 12.6. The fraction of sp³-hybridized carbons (Fsp3) is 0.385. The Morgan fingerprint density at radius 3 is 2.37 bits per heavy atom. The lowest BCUT2D eigenvalue weighted by atomic mass is 9.96. The van der Waals surface area contributed by atoms with E-state index in [0.29, 0.717) is 5.82 Å². The molecule has 0 saturated heterocycles. The summed E-state index contributed by atoms with van der Waals surface area (Å²) in [4.78, 5) is 15.3. The Kier molecular flexibility index (Phi) is 2.91. The number of aromatic nitrogens is 2. The van der Waals surface area contributed by atoms with E-state index in [-0.39, 0.29) is 5.52 Å². The number of pyridine rings is 1. The van der Waals surface area contributed by atoms with Crippen molar-refractivity contribution in [3.63, 3.8) is 0 Å². The molecule has 2 aromatic rings. The molecule has 102 valence electrons. The van der Waals surface area contributed by atoms with Gasteiger partial charge in [-0.15, -0.1) is 0 Å². The van der Waals surface area contributed by atoms with E-state index in [9.17, 15) is 18.0 Å². The molecule has 0 aliphatic rings. The van der Waals surface area contributed by atoms with Crippen LogP contribution >= 0.6 is 0 Å². The van der Waals surface area contributed by atoms with Gasteiger partial charge in [0.15, 0.2) is 0 Å². The molecule has 0 saturated carbocycles. The Balaban J connectivity index is 2.74. The summed E-state index contributed by atoms with van der Waals surface area (Å²) in [5.41, 5.74) is -0.832. The van der Waals surface area contributed by atoms with Crippen LogP contribution in [0.15, 0.2) is 24.4 Å². The van der Waals surface area contributed by atoms with Gasteiger partial charge in [-0.1, -0.05) is 26.8 Å². The minimum absolute atomic E-state index is 0.176. The summed E-state index contributed by atoms with van der Waals surface area (Å²) >= 11 is 0. The molecule has 2 heterocycles. The molecule has 0 aromatic carbocycles. The van der Waals surface area contributed by atoms with Crippen LogP contribution in [-0.4, -0.2) is 21.3 Å². The molecule has 0 spiro atoms. The summed E-state index contributed by atoms with van der Waals surface area (Å²) in [7, 11) is 0. The third-order valence-electron chi connectivity index (χ3n) is 2.69. The largest absolute Gasteiger partial charge is 0.456 e. The number of hydrogen-bond acceptors (Lipinski definition) is 2. The van der Waals surface area contributed by atoms with Crippen LogP contribution in [0.2, 0.25) is 0 Å². The highest BCUT2D eigenvalue weighted by Gasteiger charge is 2.42. The average Bonchev–Trinajstić information content (AvgIpc) is 2.65. The topological polar surface area (TPSA) is 34.4 Å². The smallest absolute Gasteiger partial charge is 0.303 e. The van der Waals surface area contributed by atoms with Crippen molar-refractivity contribution in [2.45, 2.75) is 32.4 Å². The summed E-state index contributed by atoms with van der Waals surface area (Å²) in [6, 6.07) is 4.73. The first kappa shape index (κ1) is 13.6. The Morgan fingerprint density at radius 1 is 1.21 bits per heavy atom. The van der Waals surface area contributed by atoms with Crippen LogP contribution < -0.4 is 0 Å². The predicted octanol–water partition coefficient (Wildman–Crippen LogP) is 3.38. The van der Waals surface area contributed by atoms with E-state index in [4.69, 9.17) is 0 Å². The number of fused-ring (bicyclic) bond motifs is 1. The molecule has 3 nitrogen and oxygen atoms in total. The number of Topliss-reactive ketones (excluding diaryl/α,β-unsaturated/α-hetero) is 1. The van der Waals surface area contributed by atoms with Gasteiger partial charge in [0.25, 0.3) is 5.78 Å². The molecule has 0 N–H and O–H groups in total. The van der Waals surface area contributed by atoms with Gasteiger partial charge >= 0.3 is 6.18 Å². The van der Waals surface area contributed by atoms with Gasteiger partial charge in [0, 0.05) is 11.6 Å². The van der Waals surface area contributed by atoms with Crippen molar-refractivity contribution < 1.29 is 18.0 Å². The Morgan fingerprint density at radius 2 is 1.84 bits per heavy atom. The number of halogens is 3. The zero-order valence-corrected chi connectivity index (χ0v) is 10.7. The molecule has 0 amide bonds. The molecule has 19 heavy (non-hydrogen) atoms. The molecule has 6 heteroatoms. The number of ketones is 1. The van der Waals surface area contributed by atoms with Gasteiger partial charge in [0.05, 0.1) is 5.52 Å². The van der Waals surface area contributed by atoms with Crippen LogP contribution in [-0.2, 0) is 5.41 Å². The maximum absolute atomic E-state index is 12.6. The molecule has 0 aliphatic carbocycles. The third-order valence-corrected chi connectivity index (χ3v) is 2.69. The molecule has 0 atom stereocenters. The van der Waals surface area contributed by atoms with Gasteiger partial charge < -0.3 is 4.40 Å². The van der Waals surface area contributed by atoms with Crippen molar-refractivity contribution in [1.29, 1.82) is 0 Å². The predicted molar refractivity (Wildman–Crippen MR) is 64.3 cm³/mol. The number of alkyl halides is 3. The summed E-state index contributed by atoms with van der Waals surface area (Å²) < 4.78 is 39.2. The Labute approximate surface area is 108 Å². The monoisotopic (exact) mass is 270 g/mol. The van der Waals surface area contributed by atoms with Crippen LogP contribution in [0.4, 0.5) is 13.2 Å². The van der Waals surface area contributed by atoms with Crippen LogP contribution in [0.3, 0.4) is 0 Å². The van der Waals surface area contributed by atoms with Crippen molar-refractivity contribution in [3.05, 3.63) is 35.9 Å². The van der Waals surface area contributed by atoms with Crippen LogP contribution in [0.1, 0.15) is 37.1 Å². The number of hydrogen-bond donors (Lipinski definition) is 0. The fourth-order valence-corrected chi connectivity index (χ4v) is 1.87. The van der Waals surface area contributed by atoms with Crippen molar-refractivity contribution >= 4 is 11.3 Å². The highest BCUT2D eigenvalue weighted by Crippen LogP contribution is 2.28. The number of nitrogens with zero attached hydrogens (tertiary/aromatic N) is 2. The minimum Gasteiger partial charge on any atom is -0.303 e. The second-order valence-electron chi connectivity index (χ2n) is 5.32. The van der Waals surface area contributed by atoms with E-state index >= 15 is 0 Å². The standard InChI is InChI=1S/C13H13F3N2O/c1-12(2,3)11-17-9(10(19)13(14,15)16)8-6-4-5-7-18(8)11/h4-7H,1-3H3. The van der Waals surface area contributed by atoms with E-state index in [1.807, 2.05) is 20.8 Å². The molecule has 0 unspecified atom stereocenters. The lowest BCUT2D eigenvalue weighted by molar-refractivity contribution is -0.0887. The third kappa shape index (κ3) is 2.34. The molecule has 0 bridgehead atoms. The normalized spacial score (nSPS) is 12.9. The van der Waals surface area contributed by atoms with Gasteiger partial charge in [0.1, 0.15) is 11.5 Å². The SMILES string of the molecule is CC(C)(C)c1nc(C(=O)C(F)(F)F)c2ccccn12. The molecular formula is C13H13F3N2O. The first-order valence-corrected chi connectivity index (χ1v) is 5.71. The molecule has 0 radical (unpaired) electrons. The molecule has 2 aromatic heterocycles. The molecule has 2 rings (SSSR count). The summed E-state index contributed by atoms with van der Waals surface area (Å²) in [6.45, 7) is 5.49. The van der Waals surface area contributed by atoms with Gasteiger partial charge in [-0.3, -0.25) is 4.79 Å². The van der Waals surface area contributed by atoms with Crippen molar-refractivity contribution in [1.82, 2.24) is 9.38 Å². The Bertz CT molecular complexity index is 635. The number of imidazole rings is 1. The first-order chi connectivity index (χ1) is 8.62. The van der Waals surface area contributed by atoms with Gasteiger partial charge in [-0.25, -0.2) is 4.98 Å². The van der Waals surface area contributed by atoms with Crippen LogP contribution in [0, 0.1) is 0 Å². The van der Waals surface area contributed by atoms with Crippen LogP contribution in [0.25, 0.3) is 5.52 Å². The van der Waals surface area contributed by atoms with Gasteiger partial charge in [-0.05, 0) is 12.1 Å². The van der Waals surface area contributed by atoms with E-state index in [0.717, 1.165) is 0 Å². The lowest BCUT2D eigenvalue weighted by Crippen LogP contribution is -2.23. The summed E-state index contributed by atoms with van der Waals surface area (Å²) in [5, 5.41) is 0. The van der Waals surface area contributed by atoms with Crippen molar-refractivity contribution in [3.8, 4) is 0 Å². The number of rotatable bonds is 1. The van der Waals surface area contributed by atoms with Gasteiger partial charge in [-0.2, -0.15) is 13.2 Å². The molecule has 0 aliphatic heterocycles. The molecular weight excluding hydrogens is 257 g/mol. The Hall–Kier alpha value is -1.85. The van der Waals surface area contributed by atoms with E-state index in [1.165, 1.54) is 10.5 Å². The lowest BCUT2D eigenvalue weighted by Gasteiger charge is -2.16. The first-order valence-electron chi connectivity index (χ1n) is 5.71. The second-order valence-corrected chi connectivity index (χ2v) is 5.32. The van der Waals surface area contributed by atoms with E-state index < -0.39 is 23.1 Å². The summed E-state index contributed by atoms with van der Waals surface area (Å²) in [5.74, 6) is -1.48. The zero-order chi connectivity index (χ0) is 14.4. The molecule has 0 fully saturated rings. The quantitative estimate of drug-likeness (QED) is 0.744.